The van der Waals surface area contributed by atoms with Crippen LogP contribution >= 0.6 is 24.1 Å². The summed E-state index contributed by atoms with van der Waals surface area (Å²) in [4.78, 5) is 18.8. The van der Waals surface area contributed by atoms with Crippen molar-refractivity contribution < 1.29 is 32.5 Å². The molecule has 0 aromatic heterocycles. The van der Waals surface area contributed by atoms with Crippen molar-refractivity contribution in [3.8, 4) is 5.75 Å². The molecule has 1 aromatic carbocycles. The van der Waals surface area contributed by atoms with Crippen molar-refractivity contribution in [1.82, 2.24) is 4.90 Å². The summed E-state index contributed by atoms with van der Waals surface area (Å²) in [6.45, 7) is 0.0294. The molecule has 0 aliphatic carbocycles. The second-order valence-corrected chi connectivity index (χ2v) is 6.19. The van der Waals surface area contributed by atoms with E-state index in [1.54, 1.807) is 12.1 Å². The van der Waals surface area contributed by atoms with Crippen molar-refractivity contribution in [1.29, 1.82) is 0 Å². The predicted molar refractivity (Wildman–Crippen MR) is 83.3 cm³/mol. The van der Waals surface area contributed by atoms with Crippen molar-refractivity contribution in [3.05, 3.63) is 29.8 Å². The van der Waals surface area contributed by atoms with Crippen LogP contribution in [0.2, 0.25) is 0 Å². The summed E-state index contributed by atoms with van der Waals surface area (Å²) in [5.74, 6) is 0.665. The molecule has 0 heterocycles. The number of rotatable bonds is 11. The highest BCUT2D eigenvalue weighted by Gasteiger charge is 2.20. The van der Waals surface area contributed by atoms with E-state index < -0.39 is 16.5 Å². The van der Waals surface area contributed by atoms with Gasteiger partial charge in [-0.05, 0) is 35.9 Å². The maximum absolute atomic E-state index is 10.5. The second-order valence-electron chi connectivity index (χ2n) is 3.95. The van der Waals surface area contributed by atoms with Crippen LogP contribution in [0, 0.1) is 0 Å². The molecule has 0 fully saturated rings. The molecule has 0 aliphatic heterocycles. The van der Waals surface area contributed by atoms with Gasteiger partial charge in [0, 0.05) is 15.7 Å². The van der Waals surface area contributed by atoms with Gasteiger partial charge in [0.1, 0.15) is 5.75 Å². The Morgan fingerprint density at radius 3 is 2.09 bits per heavy atom. The Hall–Kier alpha value is -0.460. The Morgan fingerprint density at radius 2 is 1.64 bits per heavy atom. The van der Waals surface area contributed by atoms with Crippen LogP contribution in [-0.4, -0.2) is 34.7 Å². The van der Waals surface area contributed by atoms with Gasteiger partial charge in [-0.1, -0.05) is 12.1 Å². The van der Waals surface area contributed by atoms with E-state index in [4.69, 9.17) is 14.3 Å². The average molecular weight is 385 g/mol. The summed E-state index contributed by atoms with van der Waals surface area (Å²) in [6.07, 6.45) is 0.586. The first-order chi connectivity index (χ1) is 10.5. The third-order valence-corrected chi connectivity index (χ3v) is 3.67. The first-order valence-corrected chi connectivity index (χ1v) is 9.99. The summed E-state index contributed by atoms with van der Waals surface area (Å²) in [6, 6.07) is 7.27. The average Bonchev–Trinajstić information content (AvgIpc) is 2.48. The van der Waals surface area contributed by atoms with E-state index in [1.165, 1.54) is 4.90 Å². The van der Waals surface area contributed by atoms with E-state index in [0.29, 0.717) is 26.3 Å². The first kappa shape index (κ1) is 19.6. The van der Waals surface area contributed by atoms with E-state index >= 15 is 0 Å². The lowest BCUT2D eigenvalue weighted by Gasteiger charge is -2.15. The van der Waals surface area contributed by atoms with E-state index in [9.17, 15) is 9.13 Å². The maximum Gasteiger partial charge on any atom is 0.696 e. The van der Waals surface area contributed by atoms with Gasteiger partial charge in [-0.3, -0.25) is 0 Å². The Kier molecular flexibility index (Phi) is 9.91. The largest absolute Gasteiger partial charge is 0.696 e. The van der Waals surface area contributed by atoms with Crippen LogP contribution in [0.25, 0.3) is 0 Å². The molecule has 0 bridgehead atoms. The van der Waals surface area contributed by atoms with Crippen molar-refractivity contribution >= 4 is 35.9 Å². The van der Waals surface area contributed by atoms with E-state index in [2.05, 4.69) is 20.9 Å². The van der Waals surface area contributed by atoms with Crippen molar-refractivity contribution in [3.63, 3.8) is 0 Å². The number of nitrogens with zero attached hydrogens (tertiary/aromatic N) is 1. The fourth-order valence-corrected chi connectivity index (χ4v) is 2.47. The number of hydrogen-bond donors (Lipinski definition) is 2. The molecule has 8 nitrogen and oxygen atoms in total. The second kappa shape index (κ2) is 11.1. The Bertz CT molecular complexity index is 498. The summed E-state index contributed by atoms with van der Waals surface area (Å²) >= 11 is 4.68. The quantitative estimate of drug-likeness (QED) is 0.439. The molecule has 0 saturated heterocycles. The van der Waals surface area contributed by atoms with Gasteiger partial charge in [0.15, 0.2) is 13.5 Å². The maximum atomic E-state index is 10.5. The van der Waals surface area contributed by atoms with Gasteiger partial charge in [0.05, 0.1) is 0 Å². The molecule has 22 heavy (non-hydrogen) atoms. The zero-order valence-corrected chi connectivity index (χ0v) is 14.8. The van der Waals surface area contributed by atoms with Gasteiger partial charge >= 0.3 is 16.5 Å². The zero-order chi connectivity index (χ0) is 16.4. The zero-order valence-electron chi connectivity index (χ0n) is 11.3. The summed E-state index contributed by atoms with van der Waals surface area (Å²) in [5.41, 5.74) is 0.986. The molecule has 0 radical (unpaired) electrons. The summed E-state index contributed by atoms with van der Waals surface area (Å²) in [5, 5.41) is 0. The molecule has 120 valence electrons. The molecule has 1 aromatic rings. The van der Waals surface area contributed by atoms with Gasteiger partial charge in [-0.25, -0.2) is 4.90 Å². The fraction of sp³-hybridized carbons (Fsp3) is 0.400. The minimum Gasteiger partial charge on any atom is -0.429 e. The van der Waals surface area contributed by atoms with Gasteiger partial charge < -0.3 is 4.52 Å². The first-order valence-electron chi connectivity index (χ1n) is 5.90. The third kappa shape index (κ3) is 8.86. The Morgan fingerprint density at radius 1 is 1.09 bits per heavy atom. The van der Waals surface area contributed by atoms with Gasteiger partial charge in [0.2, 0.25) is 7.58 Å². The smallest absolute Gasteiger partial charge is 0.429 e. The Labute approximate surface area is 135 Å². The summed E-state index contributed by atoms with van der Waals surface area (Å²) in [7, 11) is -5.09. The van der Waals surface area contributed by atoms with Crippen molar-refractivity contribution in [2.45, 2.75) is 6.42 Å². The van der Waals surface area contributed by atoms with Crippen LogP contribution in [0.5, 0.6) is 5.75 Å². The lowest BCUT2D eigenvalue weighted by Crippen LogP contribution is -2.29. The van der Waals surface area contributed by atoms with E-state index in [0.717, 1.165) is 5.56 Å². The molecular weight excluding hydrogens is 371 g/mol. The van der Waals surface area contributed by atoms with Crippen LogP contribution < -0.4 is 4.52 Å². The Balaban J connectivity index is 2.50. The highest BCUT2D eigenvalue weighted by Crippen LogP contribution is 2.19. The highest BCUT2D eigenvalue weighted by molar-refractivity contribution is 7.94. The van der Waals surface area contributed by atoms with E-state index in [-0.39, 0.29) is 13.5 Å². The minimum absolute atomic E-state index is 0.190. The van der Waals surface area contributed by atoms with Crippen LogP contribution in [-0.2, 0) is 36.4 Å². The van der Waals surface area contributed by atoms with E-state index in [1.807, 2.05) is 12.1 Å². The molecule has 0 amide bonds. The minimum atomic E-state index is -2.74. The number of hydrogen-bond acceptors (Lipinski definition) is 7. The highest BCUT2D eigenvalue weighted by atomic mass is 32.4. The van der Waals surface area contributed by atoms with Crippen LogP contribution in [0.1, 0.15) is 5.56 Å². The third-order valence-electron chi connectivity index (χ3n) is 2.48. The molecule has 2 N–H and O–H groups in total. The molecule has 0 aliphatic rings. The normalized spacial score (nSPS) is 12.5. The summed E-state index contributed by atoms with van der Waals surface area (Å²) < 4.78 is 35.4. The molecule has 0 saturated carbocycles. The molecule has 2 unspecified atom stereocenters. The van der Waals surface area contributed by atoms with Crippen LogP contribution in [0.3, 0.4) is 0 Å². The van der Waals surface area contributed by atoms with Crippen molar-refractivity contribution in [2.24, 2.45) is 0 Å². The topological polar surface area (TPSA) is 106 Å². The molecule has 12 heteroatoms. The fourth-order valence-electron chi connectivity index (χ4n) is 1.48. The molecular formula is C10H14NO7P3S+2. The SMILES string of the molecule is O=[P+](O)OCN(CCc1ccc(OP=S)cc1)CO[P+](=O)O. The standard InChI is InChI=1S/C10H12NO7P3S/c12-20(13)16-7-11(8-17-21(14)15)6-5-9-1-3-10(4-2-9)18-19-22/h1-4H,5-8H2/p+2. The van der Waals surface area contributed by atoms with Crippen LogP contribution in [0.4, 0.5) is 0 Å². The monoisotopic (exact) mass is 385 g/mol. The lowest BCUT2D eigenvalue weighted by atomic mass is 10.1. The van der Waals surface area contributed by atoms with Gasteiger partial charge in [0.25, 0.3) is 0 Å². The van der Waals surface area contributed by atoms with Gasteiger partial charge in [-0.15, -0.1) is 18.8 Å². The van der Waals surface area contributed by atoms with Gasteiger partial charge in [-0.2, -0.15) is 0 Å². The lowest BCUT2D eigenvalue weighted by molar-refractivity contribution is 0.0516. The molecule has 1 rings (SSSR count). The molecule has 0 spiro atoms. The van der Waals surface area contributed by atoms with Crippen molar-refractivity contribution in [2.75, 3.05) is 20.0 Å². The predicted octanol–water partition coefficient (Wildman–Crippen LogP) is 2.48. The van der Waals surface area contributed by atoms with Crippen LogP contribution in [0.15, 0.2) is 24.3 Å². The number of benzene rings is 1. The molecule has 2 atom stereocenters.